The predicted molar refractivity (Wildman–Crippen MR) is 111 cm³/mol. The molecule has 3 rings (SSSR count). The lowest BCUT2D eigenvalue weighted by Gasteiger charge is -2.31. The van der Waals surface area contributed by atoms with Crippen molar-refractivity contribution >= 4 is 16.1 Å². The van der Waals surface area contributed by atoms with E-state index in [0.29, 0.717) is 36.6 Å². The van der Waals surface area contributed by atoms with Crippen LogP contribution in [0.25, 0.3) is 0 Å². The summed E-state index contributed by atoms with van der Waals surface area (Å²) in [5.74, 6) is -1.66. The maximum atomic E-state index is 14.9. The second-order valence-electron chi connectivity index (χ2n) is 8.49. The van der Waals surface area contributed by atoms with E-state index >= 15 is 0 Å². The third-order valence-electron chi connectivity index (χ3n) is 5.78. The van der Waals surface area contributed by atoms with E-state index in [9.17, 15) is 22.0 Å². The van der Waals surface area contributed by atoms with E-state index in [2.05, 4.69) is 0 Å². The number of benzene rings is 1. The molecule has 7 nitrogen and oxygen atoms in total. The second-order valence-corrected chi connectivity index (χ2v) is 10.5. The maximum Gasteiger partial charge on any atom is 0.410 e. The zero-order valence-electron chi connectivity index (χ0n) is 18.2. The predicted octanol–water partition coefficient (Wildman–Crippen LogP) is 3.31. The molecule has 174 valence electrons. The van der Waals surface area contributed by atoms with Crippen molar-refractivity contribution in [1.82, 2.24) is 9.21 Å². The minimum Gasteiger partial charge on any atom is -0.488 e. The minimum atomic E-state index is -3.42. The summed E-state index contributed by atoms with van der Waals surface area (Å²) in [6.45, 7) is 5.09. The molecular formula is C21H30F2N2O5S. The number of piperidine rings is 1. The third-order valence-corrected chi connectivity index (χ3v) is 7.03. The van der Waals surface area contributed by atoms with Gasteiger partial charge in [-0.15, -0.1) is 0 Å². The molecule has 2 aliphatic rings. The van der Waals surface area contributed by atoms with Gasteiger partial charge in [0.05, 0.1) is 19.0 Å². The zero-order chi connectivity index (χ0) is 22.8. The molecule has 31 heavy (non-hydrogen) atoms. The molecule has 1 fully saturated rings. The average molecular weight is 461 g/mol. The second kappa shape index (κ2) is 9.68. The third kappa shape index (κ3) is 5.85. The highest BCUT2D eigenvalue weighted by Gasteiger charge is 2.29. The summed E-state index contributed by atoms with van der Waals surface area (Å²) in [5.41, 5.74) is 0.646. The van der Waals surface area contributed by atoms with E-state index in [1.807, 2.05) is 13.8 Å². The summed E-state index contributed by atoms with van der Waals surface area (Å²) < 4.78 is 64.6. The molecule has 2 aliphatic heterocycles. The molecule has 0 atom stereocenters. The molecular weight excluding hydrogens is 430 g/mol. The molecule has 0 N–H and O–H groups in total. The number of amides is 1. The summed E-state index contributed by atoms with van der Waals surface area (Å²) in [7, 11) is -3.42. The van der Waals surface area contributed by atoms with Crippen LogP contribution in [0.3, 0.4) is 0 Å². The molecule has 0 spiro atoms. The van der Waals surface area contributed by atoms with E-state index < -0.39 is 27.4 Å². The van der Waals surface area contributed by atoms with Gasteiger partial charge in [-0.1, -0.05) is 0 Å². The Balaban J connectivity index is 1.54. The van der Waals surface area contributed by atoms with Gasteiger partial charge in [-0.3, -0.25) is 0 Å². The number of carbonyl (C=O) groups is 1. The standard InChI is InChI=1S/C21H30F2N2O5S/c1-14(2)30-21(26)24-8-4-15(5-9-24)7-11-29-20-18(22)12-16-13-25(31(3,27)28)10-6-17(16)19(20)23/h12,14-15H,4-11,13H2,1-3H3. The largest absolute Gasteiger partial charge is 0.488 e. The molecule has 0 aromatic heterocycles. The van der Waals surface area contributed by atoms with Crippen LogP contribution in [0.15, 0.2) is 6.07 Å². The van der Waals surface area contributed by atoms with Crippen molar-refractivity contribution in [3.63, 3.8) is 0 Å². The van der Waals surface area contributed by atoms with Crippen LogP contribution in [0.1, 0.15) is 44.2 Å². The fourth-order valence-electron chi connectivity index (χ4n) is 4.03. The SMILES string of the molecule is CC(C)OC(=O)N1CCC(CCOc2c(F)cc3c(c2F)CCN(S(C)(=O)=O)C3)CC1. The van der Waals surface area contributed by atoms with Gasteiger partial charge in [0.15, 0.2) is 17.4 Å². The molecule has 0 bridgehead atoms. The Hall–Kier alpha value is -1.94. The Morgan fingerprint density at radius 3 is 2.52 bits per heavy atom. The van der Waals surface area contributed by atoms with Crippen molar-refractivity contribution in [2.24, 2.45) is 5.92 Å². The highest BCUT2D eigenvalue weighted by molar-refractivity contribution is 7.88. The fourth-order valence-corrected chi connectivity index (χ4v) is 4.83. The van der Waals surface area contributed by atoms with Gasteiger partial charge in [0.25, 0.3) is 0 Å². The quantitative estimate of drug-likeness (QED) is 0.651. The van der Waals surface area contributed by atoms with Crippen molar-refractivity contribution in [3.05, 3.63) is 28.8 Å². The van der Waals surface area contributed by atoms with E-state index in [4.69, 9.17) is 9.47 Å². The van der Waals surface area contributed by atoms with Gasteiger partial charge in [0.2, 0.25) is 10.0 Å². The number of sulfonamides is 1. The highest BCUT2D eigenvalue weighted by Crippen LogP contribution is 2.32. The summed E-state index contributed by atoms with van der Waals surface area (Å²) in [5, 5.41) is 0. The first kappa shape index (κ1) is 23.7. The molecule has 0 aliphatic carbocycles. The Labute approximate surface area is 182 Å². The van der Waals surface area contributed by atoms with Gasteiger partial charge in [-0.05, 0) is 62.6 Å². The summed E-state index contributed by atoms with van der Waals surface area (Å²) >= 11 is 0. The summed E-state index contributed by atoms with van der Waals surface area (Å²) in [6.07, 6.45) is 2.99. The zero-order valence-corrected chi connectivity index (χ0v) is 19.0. The van der Waals surface area contributed by atoms with Gasteiger partial charge >= 0.3 is 6.09 Å². The van der Waals surface area contributed by atoms with E-state index in [1.54, 1.807) is 4.90 Å². The number of hydrogen-bond acceptors (Lipinski definition) is 5. The molecule has 10 heteroatoms. The highest BCUT2D eigenvalue weighted by atomic mass is 32.2. The number of likely N-dealkylation sites (tertiary alicyclic amines) is 1. The monoisotopic (exact) mass is 460 g/mol. The molecule has 0 saturated carbocycles. The van der Waals surface area contributed by atoms with Crippen LogP contribution in [-0.4, -0.2) is 62.3 Å². The minimum absolute atomic E-state index is 0.0416. The average Bonchev–Trinajstić information content (AvgIpc) is 2.69. The van der Waals surface area contributed by atoms with Gasteiger partial charge < -0.3 is 14.4 Å². The fraction of sp³-hybridized carbons (Fsp3) is 0.667. The topological polar surface area (TPSA) is 76.2 Å². The van der Waals surface area contributed by atoms with Crippen LogP contribution >= 0.6 is 0 Å². The van der Waals surface area contributed by atoms with Gasteiger partial charge in [-0.2, -0.15) is 4.31 Å². The van der Waals surface area contributed by atoms with Crippen LogP contribution < -0.4 is 4.74 Å². The number of hydrogen-bond donors (Lipinski definition) is 0. The van der Waals surface area contributed by atoms with Crippen molar-refractivity contribution in [2.75, 3.05) is 32.5 Å². The molecule has 1 aromatic rings. The van der Waals surface area contributed by atoms with Gasteiger partial charge in [0.1, 0.15) is 0 Å². The number of carbonyl (C=O) groups excluding carboxylic acids is 1. The maximum absolute atomic E-state index is 14.9. The van der Waals surface area contributed by atoms with E-state index in [0.717, 1.165) is 19.1 Å². The van der Waals surface area contributed by atoms with Gasteiger partial charge in [0, 0.05) is 26.2 Å². The van der Waals surface area contributed by atoms with Crippen LogP contribution in [0.2, 0.25) is 0 Å². The van der Waals surface area contributed by atoms with Crippen LogP contribution in [0, 0.1) is 17.6 Å². The lowest BCUT2D eigenvalue weighted by molar-refractivity contribution is 0.0636. The number of rotatable bonds is 6. The number of ether oxygens (including phenoxy) is 2. The Morgan fingerprint density at radius 1 is 1.23 bits per heavy atom. The molecule has 0 radical (unpaired) electrons. The van der Waals surface area contributed by atoms with Crippen molar-refractivity contribution in [1.29, 1.82) is 0 Å². The first-order valence-corrected chi connectivity index (χ1v) is 12.4. The lowest BCUT2D eigenvalue weighted by Crippen LogP contribution is -2.40. The van der Waals surface area contributed by atoms with Gasteiger partial charge in [-0.25, -0.2) is 22.0 Å². The van der Waals surface area contributed by atoms with Crippen molar-refractivity contribution in [2.45, 2.75) is 52.2 Å². The Morgan fingerprint density at radius 2 is 1.90 bits per heavy atom. The molecule has 1 saturated heterocycles. The molecule has 2 heterocycles. The van der Waals surface area contributed by atoms with E-state index in [1.165, 1.54) is 10.4 Å². The summed E-state index contributed by atoms with van der Waals surface area (Å²) in [6, 6.07) is 1.17. The molecule has 1 aromatic carbocycles. The van der Waals surface area contributed by atoms with Crippen LogP contribution in [0.5, 0.6) is 5.75 Å². The lowest BCUT2D eigenvalue weighted by atomic mass is 9.94. The number of halogens is 2. The first-order chi connectivity index (χ1) is 14.6. The van der Waals surface area contributed by atoms with Crippen molar-refractivity contribution < 1.29 is 31.5 Å². The smallest absolute Gasteiger partial charge is 0.410 e. The Kier molecular flexibility index (Phi) is 7.41. The normalized spacial score (nSPS) is 18.2. The first-order valence-electron chi connectivity index (χ1n) is 10.6. The number of fused-ring (bicyclic) bond motifs is 1. The van der Waals surface area contributed by atoms with E-state index in [-0.39, 0.29) is 38.3 Å². The van der Waals surface area contributed by atoms with Crippen LogP contribution in [-0.2, 0) is 27.7 Å². The van der Waals surface area contributed by atoms with Crippen LogP contribution in [0.4, 0.5) is 13.6 Å². The molecule has 1 amide bonds. The number of nitrogens with zero attached hydrogens (tertiary/aromatic N) is 2. The summed E-state index contributed by atoms with van der Waals surface area (Å²) in [4.78, 5) is 13.6. The Bertz CT molecular complexity index is 915. The van der Waals surface area contributed by atoms with Crippen molar-refractivity contribution in [3.8, 4) is 5.75 Å². The molecule has 0 unspecified atom stereocenters.